The smallest absolute Gasteiger partial charge is 0.338 e. The first-order chi connectivity index (χ1) is 12.1. The minimum atomic E-state index is -0.875. The Labute approximate surface area is 150 Å². The first-order valence-electron chi connectivity index (χ1n) is 7.80. The number of hydrogen-bond acceptors (Lipinski definition) is 7. The molecule has 10 nitrogen and oxygen atoms in total. The van der Waals surface area contributed by atoms with E-state index in [1.54, 1.807) is 32.8 Å². The number of carbonyl (C=O) groups is 3. The van der Waals surface area contributed by atoms with Gasteiger partial charge in [-0.3, -0.25) is 19.7 Å². The van der Waals surface area contributed by atoms with E-state index >= 15 is 0 Å². The highest BCUT2D eigenvalue weighted by atomic mass is 16.6. The summed E-state index contributed by atoms with van der Waals surface area (Å²) in [5.74, 6) is -1.90. The monoisotopic (exact) mass is 366 g/mol. The molecule has 0 saturated carbocycles. The Morgan fingerprint density at radius 2 is 1.88 bits per heavy atom. The van der Waals surface area contributed by atoms with Crippen LogP contribution in [0.1, 0.15) is 24.2 Å². The molecule has 0 bridgehead atoms. The van der Waals surface area contributed by atoms with Crippen LogP contribution < -0.4 is 15.5 Å². The minimum Gasteiger partial charge on any atom is -0.452 e. The summed E-state index contributed by atoms with van der Waals surface area (Å²) in [7, 11) is 3.28. The molecule has 1 aromatic rings. The highest BCUT2D eigenvalue weighted by Crippen LogP contribution is 2.27. The number of nitro groups is 1. The van der Waals surface area contributed by atoms with Crippen molar-refractivity contribution >= 4 is 29.2 Å². The van der Waals surface area contributed by atoms with Crippen LogP contribution in [0.15, 0.2) is 18.2 Å². The molecule has 0 unspecified atom stereocenters. The van der Waals surface area contributed by atoms with Gasteiger partial charge in [-0.1, -0.05) is 0 Å². The van der Waals surface area contributed by atoms with Gasteiger partial charge in [-0.15, -0.1) is 0 Å². The number of ether oxygens (including phenoxy) is 1. The largest absolute Gasteiger partial charge is 0.452 e. The van der Waals surface area contributed by atoms with E-state index in [4.69, 9.17) is 4.74 Å². The molecule has 0 aliphatic heterocycles. The second kappa shape index (κ2) is 9.35. The average Bonchev–Trinajstić information content (AvgIpc) is 2.56. The van der Waals surface area contributed by atoms with Gasteiger partial charge in [0.2, 0.25) is 5.91 Å². The number of hydrogen-bond donors (Lipinski definition) is 2. The van der Waals surface area contributed by atoms with E-state index in [-0.39, 0.29) is 29.7 Å². The number of carbonyl (C=O) groups excluding carboxylic acids is 3. The molecule has 26 heavy (non-hydrogen) atoms. The molecule has 1 rings (SSSR count). The minimum absolute atomic E-state index is 0.0485. The van der Waals surface area contributed by atoms with Crippen LogP contribution in [0, 0.1) is 10.1 Å². The second-order valence-electron chi connectivity index (χ2n) is 5.93. The molecule has 0 spiro atoms. The fraction of sp³-hybridized carbons (Fsp3) is 0.438. The van der Waals surface area contributed by atoms with Crippen molar-refractivity contribution in [1.82, 2.24) is 10.6 Å². The van der Waals surface area contributed by atoms with Gasteiger partial charge in [0.1, 0.15) is 5.69 Å². The predicted molar refractivity (Wildman–Crippen MR) is 94.0 cm³/mol. The SMILES string of the molecule is CC(C)NC(=O)CNC(=O)COC(=O)c1ccc(N(C)C)c([N+](=O)[O-])c1. The van der Waals surface area contributed by atoms with E-state index in [0.717, 1.165) is 6.07 Å². The Morgan fingerprint density at radius 1 is 1.23 bits per heavy atom. The highest BCUT2D eigenvalue weighted by molar-refractivity contribution is 5.93. The van der Waals surface area contributed by atoms with Crippen molar-refractivity contribution < 1.29 is 24.0 Å². The predicted octanol–water partition coefficient (Wildman–Crippen LogP) is 0.458. The summed E-state index contributed by atoms with van der Waals surface area (Å²) >= 11 is 0. The summed E-state index contributed by atoms with van der Waals surface area (Å²) in [6, 6.07) is 3.83. The molecule has 0 radical (unpaired) electrons. The van der Waals surface area contributed by atoms with Gasteiger partial charge < -0.3 is 20.3 Å². The molecule has 2 amide bonds. The van der Waals surface area contributed by atoms with Crippen LogP contribution in [0.5, 0.6) is 0 Å². The van der Waals surface area contributed by atoms with Crippen molar-refractivity contribution in [2.24, 2.45) is 0 Å². The van der Waals surface area contributed by atoms with E-state index in [9.17, 15) is 24.5 Å². The normalized spacial score (nSPS) is 10.2. The maximum atomic E-state index is 12.0. The molecule has 0 aliphatic carbocycles. The summed E-state index contributed by atoms with van der Waals surface area (Å²) in [4.78, 5) is 47.0. The highest BCUT2D eigenvalue weighted by Gasteiger charge is 2.20. The Morgan fingerprint density at radius 3 is 2.42 bits per heavy atom. The lowest BCUT2D eigenvalue weighted by molar-refractivity contribution is -0.384. The van der Waals surface area contributed by atoms with Crippen LogP contribution in [-0.4, -0.2) is 56.0 Å². The number of rotatable bonds is 8. The van der Waals surface area contributed by atoms with E-state index in [2.05, 4.69) is 10.6 Å². The van der Waals surface area contributed by atoms with Crippen molar-refractivity contribution in [3.8, 4) is 0 Å². The van der Waals surface area contributed by atoms with Gasteiger partial charge in [-0.05, 0) is 26.0 Å². The van der Waals surface area contributed by atoms with Gasteiger partial charge in [0, 0.05) is 26.2 Å². The molecule has 0 saturated heterocycles. The Hall–Kier alpha value is -3.17. The summed E-state index contributed by atoms with van der Waals surface area (Å²) < 4.78 is 4.82. The first kappa shape index (κ1) is 20.9. The van der Waals surface area contributed by atoms with Crippen LogP contribution in [-0.2, 0) is 14.3 Å². The number of amides is 2. The topological polar surface area (TPSA) is 131 Å². The second-order valence-corrected chi connectivity index (χ2v) is 5.93. The van der Waals surface area contributed by atoms with Crippen LogP contribution >= 0.6 is 0 Å². The van der Waals surface area contributed by atoms with Gasteiger partial charge in [-0.2, -0.15) is 0 Å². The fourth-order valence-electron chi connectivity index (χ4n) is 1.99. The Balaban J connectivity index is 2.63. The number of anilines is 1. The summed E-state index contributed by atoms with van der Waals surface area (Å²) in [6.45, 7) is 2.72. The van der Waals surface area contributed by atoms with E-state index < -0.39 is 23.4 Å². The molecular weight excluding hydrogens is 344 g/mol. The van der Waals surface area contributed by atoms with Crippen molar-refractivity contribution in [2.45, 2.75) is 19.9 Å². The van der Waals surface area contributed by atoms with Crippen LogP contribution in [0.4, 0.5) is 11.4 Å². The number of nitrogens with zero attached hydrogens (tertiary/aromatic N) is 2. The lowest BCUT2D eigenvalue weighted by Crippen LogP contribution is -2.41. The lowest BCUT2D eigenvalue weighted by Gasteiger charge is -2.13. The zero-order chi connectivity index (χ0) is 19.9. The molecule has 10 heteroatoms. The first-order valence-corrected chi connectivity index (χ1v) is 7.80. The quantitative estimate of drug-likeness (QED) is 0.388. The molecule has 0 heterocycles. The zero-order valence-electron chi connectivity index (χ0n) is 15.1. The zero-order valence-corrected chi connectivity index (χ0v) is 15.1. The van der Waals surface area contributed by atoms with Gasteiger partial charge in [0.25, 0.3) is 11.6 Å². The molecule has 1 aromatic carbocycles. The van der Waals surface area contributed by atoms with Gasteiger partial charge in [-0.25, -0.2) is 4.79 Å². The maximum absolute atomic E-state index is 12.0. The Bertz CT molecular complexity index is 702. The van der Waals surface area contributed by atoms with Gasteiger partial charge in [0.05, 0.1) is 17.0 Å². The van der Waals surface area contributed by atoms with Crippen LogP contribution in [0.25, 0.3) is 0 Å². The number of nitro benzene ring substituents is 1. The van der Waals surface area contributed by atoms with Gasteiger partial charge in [0.15, 0.2) is 6.61 Å². The molecule has 2 N–H and O–H groups in total. The number of esters is 1. The maximum Gasteiger partial charge on any atom is 0.338 e. The third-order valence-electron chi connectivity index (χ3n) is 3.12. The van der Waals surface area contributed by atoms with Crippen molar-refractivity contribution in [2.75, 3.05) is 32.1 Å². The average molecular weight is 366 g/mol. The van der Waals surface area contributed by atoms with E-state index in [0.29, 0.717) is 5.69 Å². The van der Waals surface area contributed by atoms with Gasteiger partial charge >= 0.3 is 5.97 Å². The number of nitrogens with one attached hydrogen (secondary N) is 2. The molecule has 0 atom stereocenters. The van der Waals surface area contributed by atoms with Crippen LogP contribution in [0.2, 0.25) is 0 Å². The van der Waals surface area contributed by atoms with Crippen molar-refractivity contribution in [3.63, 3.8) is 0 Å². The summed E-state index contributed by atoms with van der Waals surface area (Å²) in [6.07, 6.45) is 0. The lowest BCUT2D eigenvalue weighted by atomic mass is 10.1. The molecular formula is C16H22N4O6. The van der Waals surface area contributed by atoms with E-state index in [1.807, 2.05) is 0 Å². The summed E-state index contributed by atoms with van der Waals surface area (Å²) in [5.41, 5.74) is 0.0346. The van der Waals surface area contributed by atoms with Crippen molar-refractivity contribution in [3.05, 3.63) is 33.9 Å². The van der Waals surface area contributed by atoms with Crippen LogP contribution in [0.3, 0.4) is 0 Å². The summed E-state index contributed by atoms with van der Waals surface area (Å²) in [5, 5.41) is 16.0. The molecule has 0 aromatic heterocycles. The molecule has 0 fully saturated rings. The fourth-order valence-corrected chi connectivity index (χ4v) is 1.99. The van der Waals surface area contributed by atoms with E-state index in [1.165, 1.54) is 12.1 Å². The third kappa shape index (κ3) is 6.38. The molecule has 0 aliphatic rings. The molecule has 142 valence electrons. The Kier molecular flexibility index (Phi) is 7.51. The number of benzene rings is 1. The third-order valence-corrected chi connectivity index (χ3v) is 3.12. The standard InChI is InChI=1S/C16H22N4O6/c1-10(2)18-14(21)8-17-15(22)9-26-16(23)11-5-6-12(19(3)4)13(7-11)20(24)25/h5-7,10H,8-9H2,1-4H3,(H,17,22)(H,18,21). The van der Waals surface area contributed by atoms with Crippen molar-refractivity contribution in [1.29, 1.82) is 0 Å².